The number of aromatic carboxylic acids is 1. The summed E-state index contributed by atoms with van der Waals surface area (Å²) in [6, 6.07) is 13.7. The number of carbonyl (C=O) groups excluding carboxylic acids is 1. The number of carboxylic acids is 1. The lowest BCUT2D eigenvalue weighted by Gasteiger charge is -2.17. The predicted octanol–water partition coefficient (Wildman–Crippen LogP) is 3.77. The first-order valence-corrected chi connectivity index (χ1v) is 9.06. The lowest BCUT2D eigenvalue weighted by atomic mass is 10.1. The summed E-state index contributed by atoms with van der Waals surface area (Å²) in [5.41, 5.74) is 1.99. The molecule has 0 saturated carbocycles. The van der Waals surface area contributed by atoms with Crippen molar-refractivity contribution >= 4 is 17.6 Å². The number of carboxylic acid groups (broad SMARTS) is 1. The summed E-state index contributed by atoms with van der Waals surface area (Å²) >= 11 is 0. The van der Waals surface area contributed by atoms with Crippen LogP contribution in [0.2, 0.25) is 0 Å². The number of amides is 1. The lowest BCUT2D eigenvalue weighted by Crippen LogP contribution is -2.25. The highest BCUT2D eigenvalue weighted by Gasteiger charge is 2.31. The second-order valence-corrected chi connectivity index (χ2v) is 6.95. The van der Waals surface area contributed by atoms with Crippen LogP contribution in [0.25, 0.3) is 0 Å². The molecule has 0 spiro atoms. The highest BCUT2D eigenvalue weighted by Crippen LogP contribution is 2.27. The Kier molecular flexibility index (Phi) is 5.99. The normalized spacial score (nSPS) is 16.1. The summed E-state index contributed by atoms with van der Waals surface area (Å²) in [6.45, 7) is 7.15. The monoisotopic (exact) mass is 381 g/mol. The molecular weight excluding hydrogens is 358 g/mol. The zero-order valence-electron chi connectivity index (χ0n) is 15.8. The third-order valence-electron chi connectivity index (χ3n) is 4.43. The average molecular weight is 381 g/mol. The molecule has 1 atom stereocenters. The first kappa shape index (κ1) is 19.5. The van der Waals surface area contributed by atoms with Crippen molar-refractivity contribution in [3.63, 3.8) is 0 Å². The summed E-state index contributed by atoms with van der Waals surface area (Å²) in [4.78, 5) is 25.0. The van der Waals surface area contributed by atoms with Gasteiger partial charge >= 0.3 is 5.97 Å². The molecule has 1 heterocycles. The van der Waals surface area contributed by atoms with E-state index in [4.69, 9.17) is 14.6 Å². The molecule has 28 heavy (non-hydrogen) atoms. The van der Waals surface area contributed by atoms with Crippen LogP contribution in [0.1, 0.15) is 23.7 Å². The van der Waals surface area contributed by atoms with Crippen molar-refractivity contribution in [2.24, 2.45) is 5.92 Å². The number of rotatable bonds is 8. The standard InChI is InChI=1S/C22H23NO5/c1-15(2)13-27-20-9-5-18(6-10-20)23-12-16(11-21(23)24)14-28-19-7-3-17(4-8-19)22(25)26/h3-10,16H,1,11-14H2,2H3,(H,25,26). The van der Waals surface area contributed by atoms with Crippen molar-refractivity contribution < 1.29 is 24.2 Å². The summed E-state index contributed by atoms with van der Waals surface area (Å²) in [6.07, 6.45) is 0.418. The van der Waals surface area contributed by atoms with Crippen molar-refractivity contribution in [3.05, 3.63) is 66.2 Å². The van der Waals surface area contributed by atoms with Gasteiger partial charge in [-0.15, -0.1) is 0 Å². The van der Waals surface area contributed by atoms with Gasteiger partial charge in [0.05, 0.1) is 12.2 Å². The van der Waals surface area contributed by atoms with Crippen LogP contribution in [-0.2, 0) is 4.79 Å². The molecule has 6 nitrogen and oxygen atoms in total. The molecule has 1 aliphatic heterocycles. The summed E-state index contributed by atoms with van der Waals surface area (Å²) in [7, 11) is 0. The Morgan fingerprint density at radius 2 is 1.71 bits per heavy atom. The van der Waals surface area contributed by atoms with Gasteiger partial charge in [-0.2, -0.15) is 0 Å². The maximum Gasteiger partial charge on any atom is 0.335 e. The molecule has 0 aliphatic carbocycles. The molecule has 0 radical (unpaired) electrons. The van der Waals surface area contributed by atoms with Gasteiger partial charge < -0.3 is 19.5 Å². The van der Waals surface area contributed by atoms with E-state index in [-0.39, 0.29) is 17.4 Å². The summed E-state index contributed by atoms with van der Waals surface area (Å²) in [5.74, 6) is 0.494. The van der Waals surface area contributed by atoms with E-state index < -0.39 is 5.97 Å². The van der Waals surface area contributed by atoms with Gasteiger partial charge in [-0.1, -0.05) is 6.58 Å². The topological polar surface area (TPSA) is 76.1 Å². The minimum Gasteiger partial charge on any atom is -0.493 e. The van der Waals surface area contributed by atoms with Crippen LogP contribution in [0.5, 0.6) is 11.5 Å². The molecule has 2 aromatic carbocycles. The number of nitrogens with zero attached hydrogens (tertiary/aromatic N) is 1. The molecule has 1 N–H and O–H groups in total. The average Bonchev–Trinajstić information content (AvgIpc) is 3.06. The van der Waals surface area contributed by atoms with Crippen LogP contribution in [0.3, 0.4) is 0 Å². The minimum absolute atomic E-state index is 0.0606. The SMILES string of the molecule is C=C(C)COc1ccc(N2CC(COc3ccc(C(=O)O)cc3)CC2=O)cc1. The predicted molar refractivity (Wildman–Crippen MR) is 106 cm³/mol. The molecule has 2 aromatic rings. The fourth-order valence-corrected chi connectivity index (χ4v) is 2.98. The van der Waals surface area contributed by atoms with E-state index in [9.17, 15) is 9.59 Å². The Balaban J connectivity index is 1.54. The minimum atomic E-state index is -0.973. The second kappa shape index (κ2) is 8.61. The fraction of sp³-hybridized carbons (Fsp3) is 0.273. The van der Waals surface area contributed by atoms with Gasteiger partial charge in [-0.05, 0) is 61.0 Å². The maximum atomic E-state index is 12.4. The van der Waals surface area contributed by atoms with Gasteiger partial charge in [0.1, 0.15) is 18.1 Å². The van der Waals surface area contributed by atoms with Crippen LogP contribution in [0.4, 0.5) is 5.69 Å². The highest BCUT2D eigenvalue weighted by molar-refractivity contribution is 5.95. The van der Waals surface area contributed by atoms with Gasteiger partial charge in [-0.3, -0.25) is 4.79 Å². The van der Waals surface area contributed by atoms with Crippen molar-refractivity contribution in [3.8, 4) is 11.5 Å². The number of hydrogen-bond acceptors (Lipinski definition) is 4. The Labute approximate surface area is 164 Å². The van der Waals surface area contributed by atoms with E-state index >= 15 is 0 Å². The fourth-order valence-electron chi connectivity index (χ4n) is 2.98. The van der Waals surface area contributed by atoms with E-state index in [0.29, 0.717) is 31.9 Å². The van der Waals surface area contributed by atoms with E-state index in [2.05, 4.69) is 6.58 Å². The van der Waals surface area contributed by atoms with E-state index in [0.717, 1.165) is 17.0 Å². The van der Waals surface area contributed by atoms with Crippen LogP contribution in [-0.4, -0.2) is 36.7 Å². The second-order valence-electron chi connectivity index (χ2n) is 6.95. The van der Waals surface area contributed by atoms with Crippen molar-refractivity contribution in [1.29, 1.82) is 0 Å². The largest absolute Gasteiger partial charge is 0.493 e. The molecular formula is C22H23NO5. The number of hydrogen-bond donors (Lipinski definition) is 1. The number of ether oxygens (including phenoxy) is 2. The summed E-state index contributed by atoms with van der Waals surface area (Å²) in [5, 5.41) is 8.92. The molecule has 0 aromatic heterocycles. The Morgan fingerprint density at radius 1 is 1.11 bits per heavy atom. The zero-order valence-corrected chi connectivity index (χ0v) is 15.8. The van der Waals surface area contributed by atoms with Crippen molar-refractivity contribution in [2.75, 3.05) is 24.7 Å². The van der Waals surface area contributed by atoms with Gasteiger partial charge in [0, 0.05) is 24.6 Å². The van der Waals surface area contributed by atoms with Crippen molar-refractivity contribution in [1.82, 2.24) is 0 Å². The molecule has 0 bridgehead atoms. The molecule has 1 saturated heterocycles. The van der Waals surface area contributed by atoms with E-state index in [1.165, 1.54) is 12.1 Å². The van der Waals surface area contributed by atoms with Gasteiger partial charge in [0.25, 0.3) is 0 Å². The summed E-state index contributed by atoms with van der Waals surface area (Å²) < 4.78 is 11.3. The van der Waals surface area contributed by atoms with Crippen molar-refractivity contribution in [2.45, 2.75) is 13.3 Å². The third kappa shape index (κ3) is 4.91. The molecule has 3 rings (SSSR count). The molecule has 1 unspecified atom stereocenters. The number of benzene rings is 2. The molecule has 1 amide bonds. The quantitative estimate of drug-likeness (QED) is 0.705. The van der Waals surface area contributed by atoms with E-state index in [1.54, 1.807) is 17.0 Å². The molecule has 146 valence electrons. The van der Waals surface area contributed by atoms with Gasteiger partial charge in [-0.25, -0.2) is 4.79 Å². The lowest BCUT2D eigenvalue weighted by molar-refractivity contribution is -0.117. The van der Waals surface area contributed by atoms with Gasteiger partial charge in [0.15, 0.2) is 0 Å². The molecule has 6 heteroatoms. The zero-order chi connectivity index (χ0) is 20.1. The Bertz CT molecular complexity index is 858. The van der Waals surface area contributed by atoms with Crippen LogP contribution in [0, 0.1) is 5.92 Å². The van der Waals surface area contributed by atoms with Gasteiger partial charge in [0.2, 0.25) is 5.91 Å². The van der Waals surface area contributed by atoms with Crippen LogP contribution in [0.15, 0.2) is 60.7 Å². The first-order valence-electron chi connectivity index (χ1n) is 9.06. The highest BCUT2D eigenvalue weighted by atomic mass is 16.5. The molecule has 1 aliphatic rings. The number of anilines is 1. The maximum absolute atomic E-state index is 12.4. The van der Waals surface area contributed by atoms with Crippen LogP contribution < -0.4 is 14.4 Å². The smallest absolute Gasteiger partial charge is 0.335 e. The van der Waals surface area contributed by atoms with E-state index in [1.807, 2.05) is 31.2 Å². The Morgan fingerprint density at radius 3 is 2.32 bits per heavy atom. The first-order chi connectivity index (χ1) is 13.4. The molecule has 1 fully saturated rings. The third-order valence-corrected chi connectivity index (χ3v) is 4.43. The number of carbonyl (C=O) groups is 2. The van der Waals surface area contributed by atoms with Crippen LogP contribution >= 0.6 is 0 Å². The Hall–Kier alpha value is -3.28.